The molecule has 11 heteroatoms. The van der Waals surface area contributed by atoms with Gasteiger partial charge in [-0.2, -0.15) is 20.5 Å². The molecule has 5 nitrogen and oxygen atoms in total. The second-order valence-electron chi connectivity index (χ2n) is 5.83. The van der Waals surface area contributed by atoms with Gasteiger partial charge in [0.1, 0.15) is 5.75 Å². The van der Waals surface area contributed by atoms with Crippen molar-refractivity contribution in [2.45, 2.75) is 32.1 Å². The summed E-state index contributed by atoms with van der Waals surface area (Å²) in [4.78, 5) is 4.36. The minimum atomic E-state index is -3.00. The summed E-state index contributed by atoms with van der Waals surface area (Å²) in [5, 5.41) is 16.8. The van der Waals surface area contributed by atoms with Gasteiger partial charge in [0.25, 0.3) is 0 Å². The van der Waals surface area contributed by atoms with Gasteiger partial charge in [-0.25, -0.2) is 4.99 Å². The Balaban J connectivity index is 0.00000364. The second kappa shape index (κ2) is 11.7. The molecule has 0 saturated carbocycles. The molecular weight excluding hydrogens is 534 g/mol. The van der Waals surface area contributed by atoms with E-state index in [1.165, 1.54) is 12.1 Å². The molecule has 1 fully saturated rings. The van der Waals surface area contributed by atoms with Crippen molar-refractivity contribution in [3.63, 3.8) is 0 Å². The molecule has 0 radical (unpaired) electrons. The number of nitrogens with one attached hydrogen (secondary N) is 2. The lowest BCUT2D eigenvalue weighted by atomic mass is 10.0. The van der Waals surface area contributed by atoms with Crippen LogP contribution in [0.4, 0.5) is 8.78 Å². The lowest BCUT2D eigenvalue weighted by Gasteiger charge is -2.23. The van der Waals surface area contributed by atoms with Crippen LogP contribution in [0.1, 0.15) is 18.9 Å². The van der Waals surface area contributed by atoms with E-state index in [9.17, 15) is 13.9 Å². The predicted octanol–water partition coefficient (Wildman–Crippen LogP) is 4.14. The molecule has 0 amide bonds. The number of halogens is 5. The number of thioether (sulfide) groups is 1. The van der Waals surface area contributed by atoms with E-state index in [-0.39, 0.29) is 41.3 Å². The Morgan fingerprint density at radius 3 is 2.74 bits per heavy atom. The van der Waals surface area contributed by atoms with Crippen LogP contribution in [0.25, 0.3) is 0 Å². The number of guanidine groups is 1. The van der Waals surface area contributed by atoms with Crippen molar-refractivity contribution < 1.29 is 18.6 Å². The first-order valence-electron chi connectivity index (χ1n) is 8.08. The molecular formula is C16H22Cl2F2IN3O2S. The summed E-state index contributed by atoms with van der Waals surface area (Å²) in [5.74, 6) is 1.89. The lowest BCUT2D eigenvalue weighted by molar-refractivity contribution is -0.0503. The minimum absolute atomic E-state index is 0. The Hall–Kier alpha value is -0.230. The van der Waals surface area contributed by atoms with Gasteiger partial charge in [-0.15, -0.1) is 24.0 Å². The van der Waals surface area contributed by atoms with Gasteiger partial charge in [-0.05, 0) is 31.2 Å². The van der Waals surface area contributed by atoms with Gasteiger partial charge in [-0.3, -0.25) is 0 Å². The molecule has 0 spiro atoms. The standard InChI is InChI=1S/C16H21Cl2F2N3O2S.HI/c1-2-21-15(23-8-16(24)3-4-26-9-16)22-7-10-5-11(17)6-12(18)13(10)25-14(19)20;/h5-6,14,24H,2-4,7-9H2,1H3,(H2,21,22,23);1H. The van der Waals surface area contributed by atoms with Crippen molar-refractivity contribution in [3.05, 3.63) is 27.7 Å². The predicted molar refractivity (Wildman–Crippen MR) is 118 cm³/mol. The van der Waals surface area contributed by atoms with Crippen LogP contribution in [0.15, 0.2) is 17.1 Å². The summed E-state index contributed by atoms with van der Waals surface area (Å²) >= 11 is 13.6. The van der Waals surface area contributed by atoms with Crippen molar-refractivity contribution in [2.24, 2.45) is 4.99 Å². The van der Waals surface area contributed by atoms with Crippen LogP contribution in [-0.4, -0.2) is 47.9 Å². The number of aliphatic hydroxyl groups is 1. The van der Waals surface area contributed by atoms with E-state index < -0.39 is 12.2 Å². The molecule has 1 aliphatic rings. The van der Waals surface area contributed by atoms with Gasteiger partial charge in [0, 0.05) is 29.4 Å². The topological polar surface area (TPSA) is 65.9 Å². The third kappa shape index (κ3) is 7.96. The highest BCUT2D eigenvalue weighted by molar-refractivity contribution is 14.0. The summed E-state index contributed by atoms with van der Waals surface area (Å²) in [6.07, 6.45) is 0.709. The molecule has 2 rings (SSSR count). The number of aliphatic imine (C=N–C) groups is 1. The van der Waals surface area contributed by atoms with Crippen molar-refractivity contribution in [1.29, 1.82) is 0 Å². The zero-order valence-corrected chi connectivity index (χ0v) is 19.3. The number of rotatable bonds is 7. The normalized spacial score (nSPS) is 19.7. The van der Waals surface area contributed by atoms with Crippen LogP contribution in [-0.2, 0) is 6.54 Å². The van der Waals surface area contributed by atoms with Crippen LogP contribution in [0.5, 0.6) is 5.75 Å². The van der Waals surface area contributed by atoms with E-state index in [1.807, 2.05) is 6.92 Å². The van der Waals surface area contributed by atoms with Crippen molar-refractivity contribution >= 4 is 64.9 Å². The largest absolute Gasteiger partial charge is 0.433 e. The van der Waals surface area contributed by atoms with E-state index in [0.29, 0.717) is 41.8 Å². The van der Waals surface area contributed by atoms with E-state index in [4.69, 9.17) is 23.2 Å². The quantitative estimate of drug-likeness (QED) is 0.268. The molecule has 0 bridgehead atoms. The number of hydrogen-bond acceptors (Lipinski definition) is 4. The first-order chi connectivity index (χ1) is 12.3. The highest BCUT2D eigenvalue weighted by Gasteiger charge is 2.31. The zero-order chi connectivity index (χ0) is 19.2. The van der Waals surface area contributed by atoms with Crippen LogP contribution in [0.3, 0.4) is 0 Å². The Morgan fingerprint density at radius 1 is 1.41 bits per heavy atom. The van der Waals surface area contributed by atoms with Crippen molar-refractivity contribution in [1.82, 2.24) is 10.6 Å². The zero-order valence-electron chi connectivity index (χ0n) is 14.6. The smallest absolute Gasteiger partial charge is 0.387 e. The second-order valence-corrected chi connectivity index (χ2v) is 7.78. The summed E-state index contributed by atoms with van der Waals surface area (Å²) in [6.45, 7) is -0.112. The molecule has 1 unspecified atom stereocenters. The summed E-state index contributed by atoms with van der Waals surface area (Å²) in [5.41, 5.74) is -0.431. The highest BCUT2D eigenvalue weighted by atomic mass is 127. The van der Waals surface area contributed by atoms with E-state index in [2.05, 4.69) is 20.4 Å². The lowest BCUT2D eigenvalue weighted by Crippen LogP contribution is -2.47. The van der Waals surface area contributed by atoms with Gasteiger partial charge in [0.15, 0.2) is 5.96 Å². The summed E-state index contributed by atoms with van der Waals surface area (Å²) < 4.78 is 29.8. The van der Waals surface area contributed by atoms with Gasteiger partial charge < -0.3 is 20.5 Å². The van der Waals surface area contributed by atoms with Gasteiger partial charge in [0.2, 0.25) is 0 Å². The van der Waals surface area contributed by atoms with Gasteiger partial charge in [0.05, 0.1) is 17.2 Å². The fourth-order valence-corrected chi connectivity index (χ4v) is 4.32. The van der Waals surface area contributed by atoms with Crippen molar-refractivity contribution in [2.75, 3.05) is 24.6 Å². The molecule has 0 aromatic heterocycles. The Labute approximate surface area is 188 Å². The average Bonchev–Trinajstić information content (AvgIpc) is 3.00. The van der Waals surface area contributed by atoms with Crippen LogP contribution in [0.2, 0.25) is 10.0 Å². The first-order valence-corrected chi connectivity index (χ1v) is 9.99. The number of nitrogens with zero attached hydrogens (tertiary/aromatic N) is 1. The maximum atomic E-state index is 12.6. The number of ether oxygens (including phenoxy) is 1. The Bertz CT molecular complexity index is 650. The SMILES string of the molecule is CCNC(=NCc1cc(Cl)cc(Cl)c1OC(F)F)NCC1(O)CCSC1.I. The third-order valence-electron chi connectivity index (χ3n) is 3.71. The first kappa shape index (κ1) is 24.8. The molecule has 3 N–H and O–H groups in total. The molecule has 1 aromatic rings. The van der Waals surface area contributed by atoms with Gasteiger partial charge >= 0.3 is 6.61 Å². The molecule has 1 saturated heterocycles. The average molecular weight is 556 g/mol. The van der Waals surface area contributed by atoms with Crippen LogP contribution < -0.4 is 15.4 Å². The van der Waals surface area contributed by atoms with E-state index in [0.717, 1.165) is 5.75 Å². The van der Waals surface area contributed by atoms with E-state index >= 15 is 0 Å². The maximum Gasteiger partial charge on any atom is 0.387 e. The monoisotopic (exact) mass is 555 g/mol. The van der Waals surface area contributed by atoms with Crippen LogP contribution >= 0.6 is 58.9 Å². The Kier molecular flexibility index (Phi) is 10.7. The van der Waals surface area contributed by atoms with Crippen molar-refractivity contribution in [3.8, 4) is 5.75 Å². The summed E-state index contributed by atoms with van der Waals surface area (Å²) in [7, 11) is 0. The number of benzene rings is 1. The molecule has 1 heterocycles. The molecule has 1 aliphatic heterocycles. The maximum absolute atomic E-state index is 12.6. The molecule has 1 aromatic carbocycles. The molecule has 0 aliphatic carbocycles. The van der Waals surface area contributed by atoms with Gasteiger partial charge in [-0.1, -0.05) is 23.2 Å². The summed E-state index contributed by atoms with van der Waals surface area (Å²) in [6, 6.07) is 2.82. The fraction of sp³-hybridized carbons (Fsp3) is 0.562. The van der Waals surface area contributed by atoms with Crippen LogP contribution in [0, 0.1) is 0 Å². The third-order valence-corrected chi connectivity index (χ3v) is 5.44. The molecule has 27 heavy (non-hydrogen) atoms. The highest BCUT2D eigenvalue weighted by Crippen LogP contribution is 2.34. The Morgan fingerprint density at radius 2 is 2.15 bits per heavy atom. The molecule has 1 atom stereocenters. The minimum Gasteiger partial charge on any atom is -0.433 e. The molecule has 154 valence electrons. The number of hydrogen-bond donors (Lipinski definition) is 3. The number of alkyl halides is 2. The van der Waals surface area contributed by atoms with E-state index in [1.54, 1.807) is 11.8 Å². The fourth-order valence-electron chi connectivity index (χ4n) is 2.44.